The molecule has 5 nitrogen and oxygen atoms in total. The molecule has 4 rings (SSSR count). The zero-order valence-electron chi connectivity index (χ0n) is 12.0. The summed E-state index contributed by atoms with van der Waals surface area (Å²) in [6.07, 6.45) is 7.97. The number of hydrogen-bond acceptors (Lipinski definition) is 4. The van der Waals surface area contributed by atoms with Gasteiger partial charge in [0.2, 0.25) is 0 Å². The van der Waals surface area contributed by atoms with Crippen LogP contribution in [0.4, 0.5) is 0 Å². The van der Waals surface area contributed by atoms with Crippen LogP contribution in [-0.2, 0) is 0 Å². The van der Waals surface area contributed by atoms with Crippen molar-refractivity contribution >= 4 is 22.2 Å². The second-order valence-electron chi connectivity index (χ2n) is 6.32. The van der Waals surface area contributed by atoms with Gasteiger partial charge in [-0.3, -0.25) is 9.20 Å². The monoisotopic (exact) mass is 305 g/mol. The largest absolute Gasteiger partial charge is 0.387 e. The maximum atomic E-state index is 12.4. The maximum absolute atomic E-state index is 12.4. The highest BCUT2D eigenvalue weighted by atomic mass is 32.1. The lowest BCUT2D eigenvalue weighted by Crippen LogP contribution is -2.46. The molecule has 2 saturated carbocycles. The minimum Gasteiger partial charge on any atom is -0.387 e. The van der Waals surface area contributed by atoms with Crippen molar-refractivity contribution in [2.45, 2.75) is 38.2 Å². The fourth-order valence-corrected chi connectivity index (χ4v) is 4.20. The lowest BCUT2D eigenvalue weighted by atomic mass is 9.91. The standard InChI is InChI=1S/C15H19N3O2S/c1-9-12(21-14-16-6-7-18(9)14)13(19)17-8-15(20,10-2-3-10)11-4-5-11/h6-7,10-11,20H,2-5,8H2,1H3,(H,17,19). The molecule has 0 saturated heterocycles. The van der Waals surface area contributed by atoms with Crippen LogP contribution in [0.1, 0.15) is 41.0 Å². The molecular formula is C15H19N3O2S. The van der Waals surface area contributed by atoms with Crippen LogP contribution < -0.4 is 5.32 Å². The molecule has 0 bridgehead atoms. The number of hydrogen-bond donors (Lipinski definition) is 2. The predicted molar refractivity (Wildman–Crippen MR) is 80.5 cm³/mol. The van der Waals surface area contributed by atoms with E-state index in [1.54, 1.807) is 6.20 Å². The Morgan fingerprint density at radius 3 is 2.71 bits per heavy atom. The van der Waals surface area contributed by atoms with Gasteiger partial charge in [-0.15, -0.1) is 0 Å². The van der Waals surface area contributed by atoms with E-state index in [1.807, 2.05) is 17.5 Å². The number of amides is 1. The summed E-state index contributed by atoms with van der Waals surface area (Å²) in [7, 11) is 0. The van der Waals surface area contributed by atoms with Crippen LogP contribution in [0.5, 0.6) is 0 Å². The molecule has 0 radical (unpaired) electrons. The van der Waals surface area contributed by atoms with Gasteiger partial charge in [-0.05, 0) is 44.4 Å². The Bertz CT molecular complexity index is 685. The third kappa shape index (κ3) is 2.17. The van der Waals surface area contributed by atoms with Gasteiger partial charge in [0.25, 0.3) is 5.91 Å². The highest BCUT2D eigenvalue weighted by Gasteiger charge is 2.53. The number of aromatic nitrogens is 2. The van der Waals surface area contributed by atoms with Crippen molar-refractivity contribution < 1.29 is 9.90 Å². The van der Waals surface area contributed by atoms with Crippen LogP contribution in [0.25, 0.3) is 4.96 Å². The number of carbonyl (C=O) groups is 1. The molecule has 0 aromatic carbocycles. The first-order valence-corrected chi connectivity index (χ1v) is 8.34. The van der Waals surface area contributed by atoms with E-state index in [1.165, 1.54) is 11.3 Å². The van der Waals surface area contributed by atoms with Crippen molar-refractivity contribution in [1.82, 2.24) is 14.7 Å². The molecule has 2 aromatic heterocycles. The Morgan fingerprint density at radius 2 is 2.14 bits per heavy atom. The van der Waals surface area contributed by atoms with Gasteiger partial charge in [0.15, 0.2) is 4.96 Å². The van der Waals surface area contributed by atoms with Gasteiger partial charge >= 0.3 is 0 Å². The number of nitrogens with zero attached hydrogens (tertiary/aromatic N) is 2. The molecule has 6 heteroatoms. The summed E-state index contributed by atoms with van der Waals surface area (Å²) in [4.78, 5) is 18.2. The first-order valence-electron chi connectivity index (χ1n) is 7.52. The van der Waals surface area contributed by atoms with Gasteiger partial charge in [0.1, 0.15) is 4.88 Å². The van der Waals surface area contributed by atoms with E-state index in [4.69, 9.17) is 0 Å². The van der Waals surface area contributed by atoms with Gasteiger partial charge in [0, 0.05) is 24.6 Å². The van der Waals surface area contributed by atoms with Crippen LogP contribution in [0.2, 0.25) is 0 Å². The second-order valence-corrected chi connectivity index (χ2v) is 7.30. The minimum atomic E-state index is -0.680. The number of fused-ring (bicyclic) bond motifs is 1. The van der Waals surface area contributed by atoms with Gasteiger partial charge in [-0.1, -0.05) is 11.3 Å². The molecule has 0 atom stereocenters. The second kappa shape index (κ2) is 4.55. The van der Waals surface area contributed by atoms with Crippen LogP contribution in [0.3, 0.4) is 0 Å². The first kappa shape index (κ1) is 13.3. The average molecular weight is 305 g/mol. The molecule has 2 aliphatic rings. The Kier molecular flexibility index (Phi) is 2.87. The topological polar surface area (TPSA) is 66.6 Å². The molecule has 2 fully saturated rings. The number of imidazole rings is 1. The quantitative estimate of drug-likeness (QED) is 0.887. The van der Waals surface area contributed by atoms with Crippen LogP contribution in [-0.4, -0.2) is 32.5 Å². The lowest BCUT2D eigenvalue weighted by molar-refractivity contribution is -0.00319. The van der Waals surface area contributed by atoms with Gasteiger partial charge < -0.3 is 10.4 Å². The summed E-state index contributed by atoms with van der Waals surface area (Å²) < 4.78 is 1.92. The summed E-state index contributed by atoms with van der Waals surface area (Å²) in [5.41, 5.74) is 0.229. The van der Waals surface area contributed by atoms with E-state index in [0.717, 1.165) is 36.3 Å². The summed E-state index contributed by atoms with van der Waals surface area (Å²) in [6.45, 7) is 2.30. The minimum absolute atomic E-state index is 0.0947. The molecule has 21 heavy (non-hydrogen) atoms. The zero-order valence-corrected chi connectivity index (χ0v) is 12.8. The fourth-order valence-electron chi connectivity index (χ4n) is 3.20. The SMILES string of the molecule is Cc1c(C(=O)NCC(O)(C2CC2)C2CC2)sc2nccn12. The normalized spacial score (nSPS) is 19.1. The Labute approximate surface area is 127 Å². The Morgan fingerprint density at radius 1 is 1.48 bits per heavy atom. The van der Waals surface area contributed by atoms with Crippen molar-refractivity contribution in [3.63, 3.8) is 0 Å². The summed E-state index contributed by atoms with van der Waals surface area (Å²) >= 11 is 1.40. The Hall–Kier alpha value is -1.40. The molecular weight excluding hydrogens is 286 g/mol. The van der Waals surface area contributed by atoms with Crippen molar-refractivity contribution in [3.8, 4) is 0 Å². The molecule has 0 aliphatic heterocycles. The number of thiazole rings is 1. The molecule has 2 N–H and O–H groups in total. The van der Waals surface area contributed by atoms with E-state index >= 15 is 0 Å². The lowest BCUT2D eigenvalue weighted by Gasteiger charge is -2.28. The van der Waals surface area contributed by atoms with Crippen molar-refractivity contribution in [2.24, 2.45) is 11.8 Å². The van der Waals surface area contributed by atoms with Crippen LogP contribution in [0.15, 0.2) is 12.4 Å². The highest BCUT2D eigenvalue weighted by Crippen LogP contribution is 2.51. The number of aliphatic hydroxyl groups is 1. The average Bonchev–Trinajstić information content (AvgIpc) is 3.37. The molecule has 0 unspecified atom stereocenters. The van der Waals surface area contributed by atoms with Gasteiger partial charge in [-0.25, -0.2) is 4.98 Å². The van der Waals surface area contributed by atoms with E-state index < -0.39 is 5.60 Å². The molecule has 2 aromatic rings. The summed E-state index contributed by atoms with van der Waals surface area (Å²) in [5, 5.41) is 13.8. The van der Waals surface area contributed by atoms with Gasteiger partial charge in [0.05, 0.1) is 5.60 Å². The van der Waals surface area contributed by atoms with Crippen LogP contribution in [0, 0.1) is 18.8 Å². The maximum Gasteiger partial charge on any atom is 0.263 e. The third-order valence-electron chi connectivity index (χ3n) is 4.80. The van der Waals surface area contributed by atoms with Crippen molar-refractivity contribution in [1.29, 1.82) is 0 Å². The first-order chi connectivity index (χ1) is 10.1. The number of aryl methyl sites for hydroxylation is 1. The zero-order chi connectivity index (χ0) is 14.6. The van der Waals surface area contributed by atoms with E-state index in [2.05, 4.69) is 10.3 Å². The predicted octanol–water partition coefficient (Wildman–Crippen LogP) is 1.99. The smallest absolute Gasteiger partial charge is 0.263 e. The van der Waals surface area contributed by atoms with Gasteiger partial charge in [-0.2, -0.15) is 0 Å². The van der Waals surface area contributed by atoms with Crippen molar-refractivity contribution in [2.75, 3.05) is 6.54 Å². The molecule has 1 amide bonds. The number of carbonyl (C=O) groups excluding carboxylic acids is 1. The Balaban J connectivity index is 1.50. The molecule has 112 valence electrons. The number of nitrogens with one attached hydrogen (secondary N) is 1. The van der Waals surface area contributed by atoms with Crippen molar-refractivity contribution in [3.05, 3.63) is 23.0 Å². The third-order valence-corrected chi connectivity index (χ3v) is 5.97. The summed E-state index contributed by atoms with van der Waals surface area (Å²) in [5.74, 6) is 0.668. The molecule has 2 heterocycles. The van der Waals surface area contributed by atoms with E-state index in [0.29, 0.717) is 23.3 Å². The van der Waals surface area contributed by atoms with E-state index in [-0.39, 0.29) is 5.91 Å². The molecule has 0 spiro atoms. The van der Waals surface area contributed by atoms with E-state index in [9.17, 15) is 9.90 Å². The van der Waals surface area contributed by atoms with Crippen LogP contribution >= 0.6 is 11.3 Å². The number of rotatable bonds is 5. The highest BCUT2D eigenvalue weighted by molar-refractivity contribution is 7.19. The summed E-state index contributed by atoms with van der Waals surface area (Å²) in [6, 6.07) is 0. The molecule has 2 aliphatic carbocycles. The fraction of sp³-hybridized carbons (Fsp3) is 0.600.